The van der Waals surface area contributed by atoms with E-state index in [0.29, 0.717) is 0 Å². The Morgan fingerprint density at radius 2 is 1.16 bits per heavy atom. The Bertz CT molecular complexity index is 875. The molecule has 0 amide bonds. The van der Waals surface area contributed by atoms with Gasteiger partial charge in [0.2, 0.25) is 0 Å². The van der Waals surface area contributed by atoms with E-state index in [4.69, 9.17) is 33.2 Å². The van der Waals surface area contributed by atoms with Crippen molar-refractivity contribution in [2.75, 3.05) is 13.2 Å². The fourth-order valence-electron chi connectivity index (χ4n) is 4.31. The van der Waals surface area contributed by atoms with Crippen LogP contribution in [0.2, 0.25) is 0 Å². The molecular formula is C23H34O15. The highest BCUT2D eigenvalue weighted by atomic mass is 16.7. The molecule has 6 unspecified atom stereocenters. The lowest BCUT2D eigenvalue weighted by atomic mass is 9.80. The average Bonchev–Trinajstić information content (AvgIpc) is 2.80. The second-order valence-electron chi connectivity index (χ2n) is 9.01. The number of rotatable bonds is 9. The molecule has 0 aromatic carbocycles. The van der Waals surface area contributed by atoms with Crippen molar-refractivity contribution in [3.63, 3.8) is 0 Å². The Labute approximate surface area is 218 Å². The zero-order valence-electron chi connectivity index (χ0n) is 21.6. The normalized spacial score (nSPS) is 34.9. The monoisotopic (exact) mass is 550 g/mol. The molecule has 3 N–H and O–H groups in total. The summed E-state index contributed by atoms with van der Waals surface area (Å²) < 4.78 is 37.5. The first-order valence-electron chi connectivity index (χ1n) is 11.8. The van der Waals surface area contributed by atoms with Gasteiger partial charge in [-0.3, -0.25) is 24.0 Å². The van der Waals surface area contributed by atoms with Crippen molar-refractivity contribution in [3.8, 4) is 0 Å². The number of aliphatic hydroxyl groups is 3. The molecule has 1 saturated carbocycles. The van der Waals surface area contributed by atoms with Gasteiger partial charge < -0.3 is 48.5 Å². The van der Waals surface area contributed by atoms with Gasteiger partial charge in [-0.2, -0.15) is 0 Å². The van der Waals surface area contributed by atoms with E-state index in [1.54, 1.807) is 0 Å². The second kappa shape index (κ2) is 13.8. The van der Waals surface area contributed by atoms with Crippen LogP contribution >= 0.6 is 0 Å². The van der Waals surface area contributed by atoms with Gasteiger partial charge in [0.1, 0.15) is 43.2 Å². The summed E-state index contributed by atoms with van der Waals surface area (Å²) in [6, 6.07) is 0. The van der Waals surface area contributed by atoms with E-state index in [1.807, 2.05) is 0 Å². The molecular weight excluding hydrogens is 516 g/mol. The van der Waals surface area contributed by atoms with Crippen LogP contribution in [-0.2, 0) is 57.1 Å². The number of hydrogen-bond donors (Lipinski definition) is 3. The van der Waals surface area contributed by atoms with Gasteiger partial charge in [0.25, 0.3) is 0 Å². The van der Waals surface area contributed by atoms with Crippen LogP contribution in [0.5, 0.6) is 0 Å². The van der Waals surface area contributed by atoms with Crippen molar-refractivity contribution in [2.24, 2.45) is 5.92 Å². The number of esters is 5. The maximum Gasteiger partial charge on any atom is 0.303 e. The summed E-state index contributed by atoms with van der Waals surface area (Å²) in [4.78, 5) is 58.5. The lowest BCUT2D eigenvalue weighted by Gasteiger charge is -2.47. The second-order valence-corrected chi connectivity index (χ2v) is 9.01. The molecule has 1 saturated heterocycles. The number of carbonyl (C=O) groups is 5. The Balaban J connectivity index is 2.42. The standard InChI is InChI=1S/C23H34O15/c1-9(24)32-7-14-6-15(21(35-12(4)27)22(36-13(5)28)20(14)34-11(3)26)37-23-19(31)18(30)17(29)16(38-23)8-33-10(2)25/h14-23,29-31H,6-8H2,1-5H3/t14?,15-,16?,17+,18?,19?,20+,21?,22?,23-/m0/s1. The molecule has 2 rings (SSSR count). The molecule has 0 radical (unpaired) electrons. The minimum absolute atomic E-state index is 0.124. The maximum absolute atomic E-state index is 12.0. The third-order valence-electron chi connectivity index (χ3n) is 5.85. The number of hydrogen-bond acceptors (Lipinski definition) is 15. The fraction of sp³-hybridized carbons (Fsp3) is 0.783. The average molecular weight is 551 g/mol. The summed E-state index contributed by atoms with van der Waals surface area (Å²) in [6.45, 7) is 4.77. The summed E-state index contributed by atoms with van der Waals surface area (Å²) in [7, 11) is 0. The molecule has 0 aromatic heterocycles. The molecule has 1 aliphatic carbocycles. The van der Waals surface area contributed by atoms with Crippen LogP contribution < -0.4 is 0 Å². The van der Waals surface area contributed by atoms with Crippen LogP contribution in [0.4, 0.5) is 0 Å². The van der Waals surface area contributed by atoms with Crippen molar-refractivity contribution in [1.29, 1.82) is 0 Å². The van der Waals surface area contributed by atoms with E-state index in [-0.39, 0.29) is 13.0 Å². The molecule has 0 bridgehead atoms. The molecule has 1 aliphatic heterocycles. The summed E-state index contributed by atoms with van der Waals surface area (Å²) >= 11 is 0. The molecule has 1 heterocycles. The predicted octanol–water partition coefficient (Wildman–Crippen LogP) is -1.88. The van der Waals surface area contributed by atoms with Crippen molar-refractivity contribution < 1.29 is 72.5 Å². The van der Waals surface area contributed by atoms with Crippen LogP contribution in [0, 0.1) is 5.92 Å². The molecule has 2 fully saturated rings. The van der Waals surface area contributed by atoms with E-state index < -0.39 is 97.5 Å². The Morgan fingerprint density at radius 3 is 1.68 bits per heavy atom. The van der Waals surface area contributed by atoms with Crippen molar-refractivity contribution >= 4 is 29.8 Å². The zero-order chi connectivity index (χ0) is 28.7. The highest BCUT2D eigenvalue weighted by Gasteiger charge is 2.54. The van der Waals surface area contributed by atoms with Gasteiger partial charge in [0.15, 0.2) is 18.5 Å². The first-order chi connectivity index (χ1) is 17.7. The van der Waals surface area contributed by atoms with Gasteiger partial charge in [-0.1, -0.05) is 0 Å². The van der Waals surface area contributed by atoms with Crippen LogP contribution in [-0.4, -0.2) is 114 Å². The number of carbonyl (C=O) groups excluding carboxylic acids is 5. The van der Waals surface area contributed by atoms with Gasteiger partial charge in [-0.05, 0) is 6.42 Å². The van der Waals surface area contributed by atoms with Crippen molar-refractivity contribution in [3.05, 3.63) is 0 Å². The van der Waals surface area contributed by atoms with E-state index >= 15 is 0 Å². The van der Waals surface area contributed by atoms with Gasteiger partial charge in [-0.15, -0.1) is 0 Å². The Morgan fingerprint density at radius 1 is 0.658 bits per heavy atom. The highest BCUT2D eigenvalue weighted by Crippen LogP contribution is 2.36. The largest absolute Gasteiger partial charge is 0.465 e. The first-order valence-corrected chi connectivity index (χ1v) is 11.8. The van der Waals surface area contributed by atoms with Gasteiger partial charge in [0, 0.05) is 40.5 Å². The van der Waals surface area contributed by atoms with Gasteiger partial charge in [0.05, 0.1) is 6.61 Å². The summed E-state index contributed by atoms with van der Waals surface area (Å²) in [5.41, 5.74) is 0. The Kier molecular flexibility index (Phi) is 11.4. The van der Waals surface area contributed by atoms with Crippen molar-refractivity contribution in [2.45, 2.75) is 96.2 Å². The smallest absolute Gasteiger partial charge is 0.303 e. The third kappa shape index (κ3) is 8.59. The maximum atomic E-state index is 12.0. The summed E-state index contributed by atoms with van der Waals surface area (Å²) in [5.74, 6) is -4.55. The molecule has 15 heteroatoms. The minimum Gasteiger partial charge on any atom is -0.465 e. The molecule has 0 aromatic rings. The van der Waals surface area contributed by atoms with Crippen LogP contribution in [0.25, 0.3) is 0 Å². The van der Waals surface area contributed by atoms with Crippen LogP contribution in [0.3, 0.4) is 0 Å². The first kappa shape index (κ1) is 31.4. The van der Waals surface area contributed by atoms with Crippen LogP contribution in [0.1, 0.15) is 41.0 Å². The predicted molar refractivity (Wildman–Crippen MR) is 120 cm³/mol. The molecule has 216 valence electrons. The topological polar surface area (TPSA) is 211 Å². The van der Waals surface area contributed by atoms with Gasteiger partial charge >= 0.3 is 29.8 Å². The molecule has 15 nitrogen and oxygen atoms in total. The fourth-order valence-corrected chi connectivity index (χ4v) is 4.31. The molecule has 10 atom stereocenters. The minimum atomic E-state index is -1.80. The van der Waals surface area contributed by atoms with E-state index in [1.165, 1.54) is 0 Å². The lowest BCUT2D eigenvalue weighted by molar-refractivity contribution is -0.327. The highest BCUT2D eigenvalue weighted by molar-refractivity contribution is 5.68. The number of ether oxygens (including phenoxy) is 7. The number of aliphatic hydroxyl groups excluding tert-OH is 3. The van der Waals surface area contributed by atoms with E-state index in [2.05, 4.69) is 0 Å². The van der Waals surface area contributed by atoms with Crippen LogP contribution in [0.15, 0.2) is 0 Å². The third-order valence-corrected chi connectivity index (χ3v) is 5.85. The van der Waals surface area contributed by atoms with Crippen molar-refractivity contribution in [1.82, 2.24) is 0 Å². The molecule has 2 aliphatic rings. The Hall–Kier alpha value is -2.85. The summed E-state index contributed by atoms with van der Waals surface area (Å²) in [6.07, 6.45) is -13.6. The van der Waals surface area contributed by atoms with Gasteiger partial charge in [-0.25, -0.2) is 0 Å². The SMILES string of the molecule is CC(=O)OCC1O[C@H](O[C@H]2CC(COC(C)=O)[C@@H](OC(C)=O)C(OC(C)=O)C2OC(C)=O)C(O)C(O)[C@@H]1O. The summed E-state index contributed by atoms with van der Waals surface area (Å²) in [5, 5.41) is 31.1. The zero-order valence-corrected chi connectivity index (χ0v) is 21.6. The lowest BCUT2D eigenvalue weighted by Crippen LogP contribution is -2.63. The van der Waals surface area contributed by atoms with E-state index in [9.17, 15) is 39.3 Å². The van der Waals surface area contributed by atoms with E-state index in [0.717, 1.165) is 34.6 Å². The molecule has 0 spiro atoms. The molecule has 38 heavy (non-hydrogen) atoms. The quantitative estimate of drug-likeness (QED) is 0.212.